The smallest absolute Gasteiger partial charge is 0.00792 e. The summed E-state index contributed by atoms with van der Waals surface area (Å²) < 4.78 is 0. The fourth-order valence-corrected chi connectivity index (χ4v) is 2.78. The van der Waals surface area contributed by atoms with Crippen molar-refractivity contribution >= 4 is 0 Å². The molecule has 3 heteroatoms. The second kappa shape index (κ2) is 8.90. The van der Waals surface area contributed by atoms with Gasteiger partial charge in [-0.15, -0.1) is 0 Å². The molecule has 17 heavy (non-hydrogen) atoms. The van der Waals surface area contributed by atoms with Crippen molar-refractivity contribution in [3.8, 4) is 0 Å². The van der Waals surface area contributed by atoms with Gasteiger partial charge in [-0.25, -0.2) is 0 Å². The van der Waals surface area contributed by atoms with Gasteiger partial charge in [-0.3, -0.25) is 0 Å². The average molecular weight is 241 g/mol. The van der Waals surface area contributed by atoms with Crippen molar-refractivity contribution in [1.82, 2.24) is 10.2 Å². The first-order chi connectivity index (χ1) is 8.27. The van der Waals surface area contributed by atoms with Gasteiger partial charge in [0.1, 0.15) is 0 Å². The number of nitrogens with one attached hydrogen (secondary N) is 1. The molecular formula is C14H31N3. The molecule has 0 aromatic carbocycles. The van der Waals surface area contributed by atoms with Crippen molar-refractivity contribution in [1.29, 1.82) is 0 Å². The predicted octanol–water partition coefficient (Wildman–Crippen LogP) is 1.83. The molecule has 0 aliphatic carbocycles. The number of likely N-dealkylation sites (tertiary alicyclic amines) is 1. The van der Waals surface area contributed by atoms with Crippen LogP contribution in [-0.2, 0) is 0 Å². The molecule has 0 amide bonds. The predicted molar refractivity (Wildman–Crippen MR) is 75.2 cm³/mol. The largest absolute Gasteiger partial charge is 0.330 e. The topological polar surface area (TPSA) is 41.3 Å². The molecule has 0 aromatic heterocycles. The van der Waals surface area contributed by atoms with Crippen LogP contribution < -0.4 is 11.1 Å². The van der Waals surface area contributed by atoms with Crippen molar-refractivity contribution in [2.75, 3.05) is 32.7 Å². The maximum Gasteiger partial charge on any atom is 0.00792 e. The summed E-state index contributed by atoms with van der Waals surface area (Å²) in [4.78, 5) is 2.63. The van der Waals surface area contributed by atoms with Gasteiger partial charge in [-0.2, -0.15) is 0 Å². The molecule has 1 heterocycles. The lowest BCUT2D eigenvalue weighted by Gasteiger charge is -2.36. The third-order valence-corrected chi connectivity index (χ3v) is 3.89. The number of unbranched alkanes of at least 4 members (excludes halogenated alkanes) is 1. The van der Waals surface area contributed by atoms with E-state index in [4.69, 9.17) is 5.73 Å². The SMILES string of the molecule is CCCN1CCCC(C(C)NCCCCN)C1. The Morgan fingerprint density at radius 3 is 2.94 bits per heavy atom. The highest BCUT2D eigenvalue weighted by Crippen LogP contribution is 2.19. The fraction of sp³-hybridized carbons (Fsp3) is 1.00. The van der Waals surface area contributed by atoms with E-state index in [2.05, 4.69) is 24.1 Å². The molecule has 0 radical (unpaired) electrons. The van der Waals surface area contributed by atoms with Gasteiger partial charge in [-0.1, -0.05) is 6.92 Å². The van der Waals surface area contributed by atoms with E-state index in [9.17, 15) is 0 Å². The summed E-state index contributed by atoms with van der Waals surface area (Å²) in [6.45, 7) is 10.5. The molecule has 2 atom stereocenters. The minimum Gasteiger partial charge on any atom is -0.330 e. The molecule has 0 spiro atoms. The van der Waals surface area contributed by atoms with Gasteiger partial charge < -0.3 is 16.0 Å². The van der Waals surface area contributed by atoms with E-state index in [0.29, 0.717) is 6.04 Å². The summed E-state index contributed by atoms with van der Waals surface area (Å²) in [6, 6.07) is 0.660. The van der Waals surface area contributed by atoms with Crippen LogP contribution in [0.15, 0.2) is 0 Å². The molecule has 3 N–H and O–H groups in total. The summed E-state index contributed by atoms with van der Waals surface area (Å²) in [5.41, 5.74) is 5.51. The Morgan fingerprint density at radius 1 is 1.41 bits per heavy atom. The normalized spacial score (nSPS) is 23.8. The number of rotatable bonds is 8. The zero-order valence-electron chi connectivity index (χ0n) is 11.8. The van der Waals surface area contributed by atoms with Crippen LogP contribution in [0.25, 0.3) is 0 Å². The molecule has 1 saturated heterocycles. The van der Waals surface area contributed by atoms with E-state index in [1.165, 1.54) is 45.3 Å². The second-order valence-electron chi connectivity index (χ2n) is 5.44. The Hall–Kier alpha value is -0.120. The van der Waals surface area contributed by atoms with Crippen molar-refractivity contribution < 1.29 is 0 Å². The molecule has 102 valence electrons. The summed E-state index contributed by atoms with van der Waals surface area (Å²) in [5, 5.41) is 3.67. The highest BCUT2D eigenvalue weighted by Gasteiger charge is 2.23. The van der Waals surface area contributed by atoms with Gasteiger partial charge in [0.2, 0.25) is 0 Å². The van der Waals surface area contributed by atoms with Crippen molar-refractivity contribution in [2.24, 2.45) is 11.7 Å². The van der Waals surface area contributed by atoms with E-state index in [0.717, 1.165) is 25.4 Å². The van der Waals surface area contributed by atoms with Crippen molar-refractivity contribution in [3.05, 3.63) is 0 Å². The maximum absolute atomic E-state index is 5.51. The van der Waals surface area contributed by atoms with Gasteiger partial charge >= 0.3 is 0 Å². The highest BCUT2D eigenvalue weighted by atomic mass is 15.1. The number of hydrogen-bond acceptors (Lipinski definition) is 3. The quantitative estimate of drug-likeness (QED) is 0.637. The summed E-state index contributed by atoms with van der Waals surface area (Å²) >= 11 is 0. The summed E-state index contributed by atoms with van der Waals surface area (Å²) in [5.74, 6) is 0.841. The van der Waals surface area contributed by atoms with Crippen LogP contribution in [0.4, 0.5) is 0 Å². The Kier molecular flexibility index (Phi) is 7.82. The molecule has 3 nitrogen and oxygen atoms in total. The Morgan fingerprint density at radius 2 is 2.24 bits per heavy atom. The summed E-state index contributed by atoms with van der Waals surface area (Å²) in [7, 11) is 0. The minimum atomic E-state index is 0.660. The lowest BCUT2D eigenvalue weighted by molar-refractivity contribution is 0.151. The fourth-order valence-electron chi connectivity index (χ4n) is 2.78. The number of hydrogen-bond donors (Lipinski definition) is 2. The van der Waals surface area contributed by atoms with E-state index in [1.54, 1.807) is 0 Å². The molecule has 2 unspecified atom stereocenters. The van der Waals surface area contributed by atoms with E-state index < -0.39 is 0 Å². The van der Waals surface area contributed by atoms with Crippen molar-refractivity contribution in [3.63, 3.8) is 0 Å². The third-order valence-electron chi connectivity index (χ3n) is 3.89. The molecule has 1 aliphatic heterocycles. The molecule has 1 fully saturated rings. The average Bonchev–Trinajstić information content (AvgIpc) is 2.35. The lowest BCUT2D eigenvalue weighted by Crippen LogP contribution is -2.44. The van der Waals surface area contributed by atoms with Crippen LogP contribution in [0.2, 0.25) is 0 Å². The molecule has 1 aliphatic rings. The van der Waals surface area contributed by atoms with E-state index >= 15 is 0 Å². The monoisotopic (exact) mass is 241 g/mol. The van der Waals surface area contributed by atoms with Gasteiger partial charge in [-0.05, 0) is 71.1 Å². The van der Waals surface area contributed by atoms with E-state index in [1.807, 2.05) is 0 Å². The standard InChI is InChI=1S/C14H31N3/c1-3-10-17-11-6-7-14(12-17)13(2)16-9-5-4-8-15/h13-14,16H,3-12,15H2,1-2H3. The number of nitrogens with two attached hydrogens (primary N) is 1. The first kappa shape index (κ1) is 14.9. The molecule has 0 saturated carbocycles. The molecule has 0 aromatic rings. The third kappa shape index (κ3) is 5.84. The van der Waals surface area contributed by atoms with Gasteiger partial charge in [0.25, 0.3) is 0 Å². The Bertz CT molecular complexity index is 182. The minimum absolute atomic E-state index is 0.660. The van der Waals surface area contributed by atoms with Crippen LogP contribution >= 0.6 is 0 Å². The first-order valence-corrected chi connectivity index (χ1v) is 7.43. The zero-order valence-corrected chi connectivity index (χ0v) is 11.8. The first-order valence-electron chi connectivity index (χ1n) is 7.43. The second-order valence-corrected chi connectivity index (χ2v) is 5.44. The molecule has 1 rings (SSSR count). The number of piperidine rings is 1. The van der Waals surface area contributed by atoms with Gasteiger partial charge in [0.05, 0.1) is 0 Å². The van der Waals surface area contributed by atoms with Crippen molar-refractivity contribution in [2.45, 2.75) is 52.0 Å². The maximum atomic E-state index is 5.51. The highest BCUT2D eigenvalue weighted by molar-refractivity contribution is 4.80. The van der Waals surface area contributed by atoms with Crippen LogP contribution in [0.1, 0.15) is 46.0 Å². The van der Waals surface area contributed by atoms with Gasteiger partial charge in [0, 0.05) is 12.6 Å². The Labute approximate surface area is 107 Å². The van der Waals surface area contributed by atoms with Crippen LogP contribution in [-0.4, -0.2) is 43.7 Å². The zero-order chi connectivity index (χ0) is 12.5. The van der Waals surface area contributed by atoms with Gasteiger partial charge in [0.15, 0.2) is 0 Å². The van der Waals surface area contributed by atoms with E-state index in [-0.39, 0.29) is 0 Å². The molecule has 0 bridgehead atoms. The Balaban J connectivity index is 2.18. The number of nitrogens with zero attached hydrogens (tertiary/aromatic N) is 1. The van der Waals surface area contributed by atoms with Crippen LogP contribution in [0.5, 0.6) is 0 Å². The summed E-state index contributed by atoms with van der Waals surface area (Å²) in [6.07, 6.45) is 6.41. The molecular weight excluding hydrogens is 210 g/mol. The lowest BCUT2D eigenvalue weighted by atomic mass is 9.91. The van der Waals surface area contributed by atoms with Crippen LogP contribution in [0.3, 0.4) is 0 Å². The van der Waals surface area contributed by atoms with Crippen LogP contribution in [0, 0.1) is 5.92 Å².